The third-order valence-corrected chi connectivity index (χ3v) is 3.72. The maximum Gasteiger partial charge on any atom is 0.408 e. The van der Waals surface area contributed by atoms with Crippen molar-refractivity contribution in [1.82, 2.24) is 19.5 Å². The van der Waals surface area contributed by atoms with E-state index in [4.69, 9.17) is 0 Å². The van der Waals surface area contributed by atoms with Gasteiger partial charge in [-0.2, -0.15) is 0 Å². The van der Waals surface area contributed by atoms with Crippen LogP contribution in [-0.4, -0.2) is 37.2 Å². The second kappa shape index (κ2) is 3.91. The number of pyridine rings is 1. The molecule has 0 spiro atoms. The lowest BCUT2D eigenvalue weighted by molar-refractivity contribution is 0.105. The summed E-state index contributed by atoms with van der Waals surface area (Å²) in [6.07, 6.45) is 1.70. The molecule has 1 aliphatic rings. The van der Waals surface area contributed by atoms with Crippen LogP contribution in [0.15, 0.2) is 18.3 Å². The van der Waals surface area contributed by atoms with Crippen LogP contribution in [0.1, 0.15) is 25.6 Å². The van der Waals surface area contributed by atoms with Gasteiger partial charge in [0, 0.05) is 12.7 Å². The van der Waals surface area contributed by atoms with Crippen LogP contribution in [0.3, 0.4) is 0 Å². The molecule has 3 heterocycles. The van der Waals surface area contributed by atoms with Crippen LogP contribution in [-0.2, 0) is 5.54 Å². The minimum absolute atomic E-state index is 0.406. The largest absolute Gasteiger partial charge is 0.465 e. The number of hydrogen-bond donors (Lipinski definition) is 1. The van der Waals surface area contributed by atoms with Crippen molar-refractivity contribution in [3.05, 3.63) is 30.0 Å². The molecule has 0 bridgehead atoms. The quantitative estimate of drug-likeness (QED) is 0.853. The predicted molar refractivity (Wildman–Crippen MR) is 64.3 cm³/mol. The van der Waals surface area contributed by atoms with E-state index in [-0.39, 0.29) is 0 Å². The lowest BCUT2D eigenvalue weighted by atomic mass is 9.98. The van der Waals surface area contributed by atoms with Gasteiger partial charge in [-0.1, -0.05) is 0 Å². The van der Waals surface area contributed by atoms with E-state index in [9.17, 15) is 14.3 Å². The molecule has 19 heavy (non-hydrogen) atoms. The van der Waals surface area contributed by atoms with E-state index in [0.29, 0.717) is 24.4 Å². The fraction of sp³-hybridized carbons (Fsp3) is 0.417. The Morgan fingerprint density at radius 1 is 1.47 bits per heavy atom. The van der Waals surface area contributed by atoms with E-state index in [1.54, 1.807) is 6.92 Å². The van der Waals surface area contributed by atoms with Gasteiger partial charge in [-0.3, -0.25) is 9.30 Å². The molecule has 1 saturated heterocycles. The molecule has 1 fully saturated rings. The molecule has 6 nitrogen and oxygen atoms in total. The zero-order chi connectivity index (χ0) is 13.6. The second-order valence-electron chi connectivity index (χ2n) is 4.91. The molecule has 0 aromatic carbocycles. The van der Waals surface area contributed by atoms with E-state index in [1.807, 2.05) is 0 Å². The summed E-state index contributed by atoms with van der Waals surface area (Å²) < 4.78 is 14.9. The van der Waals surface area contributed by atoms with Gasteiger partial charge in [0.25, 0.3) is 0 Å². The molecule has 1 aliphatic heterocycles. The highest BCUT2D eigenvalue weighted by molar-refractivity contribution is 5.67. The van der Waals surface area contributed by atoms with E-state index in [2.05, 4.69) is 10.2 Å². The maximum atomic E-state index is 13.4. The molecule has 3 rings (SSSR count). The van der Waals surface area contributed by atoms with Crippen LogP contribution >= 0.6 is 0 Å². The summed E-state index contributed by atoms with van der Waals surface area (Å²) in [5.74, 6) is 0.0546. The van der Waals surface area contributed by atoms with E-state index in [1.165, 1.54) is 27.6 Å². The highest BCUT2D eigenvalue weighted by Gasteiger charge is 2.44. The topological polar surface area (TPSA) is 70.7 Å². The van der Waals surface area contributed by atoms with Crippen LogP contribution < -0.4 is 0 Å². The zero-order valence-corrected chi connectivity index (χ0v) is 10.4. The highest BCUT2D eigenvalue weighted by Crippen LogP contribution is 2.37. The minimum atomic E-state index is -0.992. The molecule has 1 N–H and O–H groups in total. The Bertz CT molecular complexity index is 656. The summed E-state index contributed by atoms with van der Waals surface area (Å²) in [5, 5.41) is 17.3. The average Bonchev–Trinajstić information content (AvgIpc) is 2.92. The number of aromatic nitrogens is 3. The lowest BCUT2D eigenvalue weighted by Gasteiger charge is -2.31. The zero-order valence-electron chi connectivity index (χ0n) is 10.4. The Morgan fingerprint density at radius 2 is 2.26 bits per heavy atom. The van der Waals surface area contributed by atoms with Crippen LogP contribution in [0.2, 0.25) is 0 Å². The van der Waals surface area contributed by atoms with Gasteiger partial charge in [0.05, 0.1) is 0 Å². The summed E-state index contributed by atoms with van der Waals surface area (Å²) in [4.78, 5) is 12.7. The molecule has 0 aliphatic carbocycles. The number of fused-ring (bicyclic) bond motifs is 1. The first-order valence-electron chi connectivity index (χ1n) is 6.04. The number of carboxylic acid groups (broad SMARTS) is 1. The summed E-state index contributed by atoms with van der Waals surface area (Å²) in [5.41, 5.74) is -0.256. The highest BCUT2D eigenvalue weighted by atomic mass is 19.1. The second-order valence-corrected chi connectivity index (χ2v) is 4.91. The van der Waals surface area contributed by atoms with Gasteiger partial charge in [-0.05, 0) is 31.9 Å². The van der Waals surface area contributed by atoms with Crippen LogP contribution in [0.25, 0.3) is 5.65 Å². The first-order valence-corrected chi connectivity index (χ1v) is 6.04. The molecule has 100 valence electrons. The maximum absolute atomic E-state index is 13.4. The number of rotatable bonds is 1. The number of nitrogens with zero attached hydrogens (tertiary/aromatic N) is 4. The van der Waals surface area contributed by atoms with E-state index >= 15 is 0 Å². The normalized spacial score (nSPS) is 23.2. The first-order chi connectivity index (χ1) is 9.02. The number of hydrogen-bond acceptors (Lipinski definition) is 3. The van der Waals surface area contributed by atoms with Gasteiger partial charge in [0.2, 0.25) is 0 Å². The smallest absolute Gasteiger partial charge is 0.408 e. The monoisotopic (exact) mass is 264 g/mol. The molecule has 1 unspecified atom stereocenters. The Morgan fingerprint density at radius 3 is 3.00 bits per heavy atom. The van der Waals surface area contributed by atoms with Gasteiger partial charge in [0.1, 0.15) is 11.4 Å². The van der Waals surface area contributed by atoms with Crippen molar-refractivity contribution in [3.8, 4) is 0 Å². The molecule has 2 aromatic rings. The number of likely N-dealkylation sites (tertiary alicyclic amines) is 1. The van der Waals surface area contributed by atoms with Gasteiger partial charge in [-0.25, -0.2) is 9.18 Å². The molecule has 0 radical (unpaired) electrons. The van der Waals surface area contributed by atoms with Crippen molar-refractivity contribution >= 4 is 11.7 Å². The first kappa shape index (κ1) is 11.9. The lowest BCUT2D eigenvalue weighted by Crippen LogP contribution is -2.43. The number of carbonyl (C=O) groups is 1. The van der Waals surface area contributed by atoms with Gasteiger partial charge in [-0.15, -0.1) is 10.2 Å². The van der Waals surface area contributed by atoms with E-state index < -0.39 is 17.4 Å². The van der Waals surface area contributed by atoms with Gasteiger partial charge >= 0.3 is 6.09 Å². The molecule has 7 heteroatoms. The fourth-order valence-corrected chi connectivity index (χ4v) is 2.73. The molecular formula is C12H13FN4O2. The average molecular weight is 264 g/mol. The van der Waals surface area contributed by atoms with Gasteiger partial charge < -0.3 is 5.11 Å². The fourth-order valence-electron chi connectivity index (χ4n) is 2.73. The van der Waals surface area contributed by atoms with Gasteiger partial charge in [0.15, 0.2) is 11.5 Å². The molecule has 1 amide bonds. The summed E-state index contributed by atoms with van der Waals surface area (Å²) >= 11 is 0. The SMILES string of the molecule is CC1(c2nnc3ccc(F)cn23)CCCN1C(=O)O. The van der Waals surface area contributed by atoms with Crippen molar-refractivity contribution in [1.29, 1.82) is 0 Å². The Labute approximate surface area is 108 Å². The minimum Gasteiger partial charge on any atom is -0.465 e. The summed E-state index contributed by atoms with van der Waals surface area (Å²) in [6.45, 7) is 2.26. The van der Waals surface area contributed by atoms with E-state index in [0.717, 1.165) is 6.42 Å². The van der Waals surface area contributed by atoms with Crippen LogP contribution in [0.5, 0.6) is 0 Å². The van der Waals surface area contributed by atoms with Crippen LogP contribution in [0.4, 0.5) is 9.18 Å². The third-order valence-electron chi connectivity index (χ3n) is 3.72. The third kappa shape index (κ3) is 1.65. The predicted octanol–water partition coefficient (Wildman–Crippen LogP) is 1.86. The summed E-state index contributed by atoms with van der Waals surface area (Å²) in [7, 11) is 0. The Hall–Kier alpha value is -2.18. The van der Waals surface area contributed by atoms with Crippen molar-refractivity contribution in [2.75, 3.05) is 6.54 Å². The Kier molecular flexibility index (Phi) is 2.44. The van der Waals surface area contributed by atoms with Crippen molar-refractivity contribution < 1.29 is 14.3 Å². The molecule has 0 saturated carbocycles. The summed E-state index contributed by atoms with van der Waals surface area (Å²) in [6, 6.07) is 2.83. The standard InChI is InChI=1S/C12H13FN4O2/c1-12(5-2-6-17(12)11(18)19)10-15-14-9-4-3-8(13)7-16(9)10/h3-4,7H,2,5-6H2,1H3,(H,18,19). The number of amides is 1. The van der Waals surface area contributed by atoms with Crippen molar-refractivity contribution in [3.63, 3.8) is 0 Å². The molecule has 2 aromatic heterocycles. The molecule has 1 atom stereocenters. The Balaban J connectivity index is 2.18. The van der Waals surface area contributed by atoms with Crippen molar-refractivity contribution in [2.24, 2.45) is 0 Å². The molecular weight excluding hydrogens is 251 g/mol. The van der Waals surface area contributed by atoms with Crippen molar-refractivity contribution in [2.45, 2.75) is 25.3 Å². The van der Waals surface area contributed by atoms with Crippen LogP contribution in [0, 0.1) is 5.82 Å². The number of halogens is 1.